The standard InChI is InChI=1S/C16H25N3O2/c1-12-8-13-9-15(20-3)14(10-16(13)21-12)11-17-19-6-4-18(2)5-7-19/h9-10,12,17H,4-8,11H2,1-3H3. The predicted molar refractivity (Wildman–Crippen MR) is 82.7 cm³/mol. The van der Waals surface area contributed by atoms with Gasteiger partial charge in [-0.3, -0.25) is 5.43 Å². The number of hydrogen-bond donors (Lipinski definition) is 1. The van der Waals surface area contributed by atoms with Crippen LogP contribution < -0.4 is 14.9 Å². The molecule has 1 N–H and O–H groups in total. The maximum Gasteiger partial charge on any atom is 0.123 e. The molecule has 2 aliphatic heterocycles. The van der Waals surface area contributed by atoms with Crippen molar-refractivity contribution in [1.82, 2.24) is 15.3 Å². The molecule has 2 heterocycles. The SMILES string of the molecule is COc1cc2c(cc1CNN1CCN(C)CC1)OC(C)C2. The van der Waals surface area contributed by atoms with Gasteiger partial charge in [-0.1, -0.05) is 0 Å². The van der Waals surface area contributed by atoms with E-state index in [1.54, 1.807) is 7.11 Å². The molecular formula is C16H25N3O2. The summed E-state index contributed by atoms with van der Waals surface area (Å²) >= 11 is 0. The van der Waals surface area contributed by atoms with Gasteiger partial charge in [0.2, 0.25) is 0 Å². The van der Waals surface area contributed by atoms with Crippen molar-refractivity contribution in [3.05, 3.63) is 23.3 Å². The van der Waals surface area contributed by atoms with Crippen LogP contribution in [0.15, 0.2) is 12.1 Å². The summed E-state index contributed by atoms with van der Waals surface area (Å²) in [7, 11) is 3.90. The van der Waals surface area contributed by atoms with Gasteiger partial charge in [-0.05, 0) is 26.1 Å². The largest absolute Gasteiger partial charge is 0.496 e. The highest BCUT2D eigenvalue weighted by Crippen LogP contribution is 2.34. The van der Waals surface area contributed by atoms with Crippen LogP contribution in [-0.4, -0.2) is 56.3 Å². The highest BCUT2D eigenvalue weighted by molar-refractivity contribution is 5.48. The Morgan fingerprint density at radius 3 is 2.76 bits per heavy atom. The van der Waals surface area contributed by atoms with Crippen molar-refractivity contribution >= 4 is 0 Å². The number of piperazine rings is 1. The highest BCUT2D eigenvalue weighted by Gasteiger charge is 2.22. The molecule has 3 rings (SSSR count). The Morgan fingerprint density at radius 2 is 2.05 bits per heavy atom. The van der Waals surface area contributed by atoms with Crippen molar-refractivity contribution in [3.63, 3.8) is 0 Å². The quantitative estimate of drug-likeness (QED) is 0.904. The van der Waals surface area contributed by atoms with Gasteiger partial charge in [-0.25, -0.2) is 5.01 Å². The van der Waals surface area contributed by atoms with Gasteiger partial charge >= 0.3 is 0 Å². The third kappa shape index (κ3) is 3.31. The maximum atomic E-state index is 5.85. The third-order valence-corrected chi connectivity index (χ3v) is 4.30. The number of benzene rings is 1. The first-order valence-corrected chi connectivity index (χ1v) is 7.69. The molecule has 21 heavy (non-hydrogen) atoms. The van der Waals surface area contributed by atoms with E-state index in [4.69, 9.17) is 9.47 Å². The molecule has 0 aliphatic carbocycles. The number of hydrazine groups is 1. The fourth-order valence-electron chi connectivity index (χ4n) is 2.97. The smallest absolute Gasteiger partial charge is 0.123 e. The molecule has 0 amide bonds. The molecule has 116 valence electrons. The van der Waals surface area contributed by atoms with Crippen molar-refractivity contribution in [2.24, 2.45) is 0 Å². The lowest BCUT2D eigenvalue weighted by Gasteiger charge is -2.32. The minimum absolute atomic E-state index is 0.269. The zero-order valence-electron chi connectivity index (χ0n) is 13.2. The molecule has 1 atom stereocenters. The molecule has 1 aromatic rings. The van der Waals surface area contributed by atoms with Gasteiger partial charge in [-0.2, -0.15) is 0 Å². The minimum atomic E-state index is 0.269. The van der Waals surface area contributed by atoms with Gasteiger partial charge < -0.3 is 14.4 Å². The lowest BCUT2D eigenvalue weighted by molar-refractivity contribution is 0.102. The Labute approximate surface area is 126 Å². The summed E-state index contributed by atoms with van der Waals surface area (Å²) in [6.45, 7) is 7.20. The molecule has 0 spiro atoms. The summed E-state index contributed by atoms with van der Waals surface area (Å²) in [5.74, 6) is 1.96. The third-order valence-electron chi connectivity index (χ3n) is 4.30. The van der Waals surface area contributed by atoms with Crippen LogP contribution >= 0.6 is 0 Å². The summed E-state index contributed by atoms with van der Waals surface area (Å²) in [5, 5.41) is 2.29. The van der Waals surface area contributed by atoms with E-state index >= 15 is 0 Å². The topological polar surface area (TPSA) is 37.0 Å². The molecule has 5 heteroatoms. The Morgan fingerprint density at radius 1 is 1.29 bits per heavy atom. The van der Waals surface area contributed by atoms with E-state index in [1.807, 2.05) is 0 Å². The molecular weight excluding hydrogens is 266 g/mol. The van der Waals surface area contributed by atoms with E-state index < -0.39 is 0 Å². The van der Waals surface area contributed by atoms with Crippen LogP contribution in [0.1, 0.15) is 18.1 Å². The highest BCUT2D eigenvalue weighted by atomic mass is 16.5. The van der Waals surface area contributed by atoms with Crippen LogP contribution in [0, 0.1) is 0 Å². The van der Waals surface area contributed by atoms with Gasteiger partial charge in [0, 0.05) is 50.3 Å². The number of methoxy groups -OCH3 is 1. The molecule has 1 saturated heterocycles. The summed E-state index contributed by atoms with van der Waals surface area (Å²) in [6.07, 6.45) is 1.24. The summed E-state index contributed by atoms with van der Waals surface area (Å²) < 4.78 is 11.4. The Bertz CT molecular complexity index is 499. The van der Waals surface area contributed by atoms with E-state index in [0.29, 0.717) is 0 Å². The van der Waals surface area contributed by atoms with Gasteiger partial charge in [0.1, 0.15) is 17.6 Å². The monoisotopic (exact) mass is 291 g/mol. The summed E-state index contributed by atoms with van der Waals surface area (Å²) in [6, 6.07) is 4.25. The van der Waals surface area contributed by atoms with Crippen molar-refractivity contribution < 1.29 is 9.47 Å². The Hall–Kier alpha value is -1.30. The first-order valence-electron chi connectivity index (χ1n) is 7.69. The fourth-order valence-corrected chi connectivity index (χ4v) is 2.97. The molecule has 1 fully saturated rings. The van der Waals surface area contributed by atoms with Gasteiger partial charge in [-0.15, -0.1) is 0 Å². The first-order chi connectivity index (χ1) is 10.2. The zero-order chi connectivity index (χ0) is 14.8. The number of nitrogens with zero attached hydrogens (tertiary/aromatic N) is 2. The molecule has 0 aromatic heterocycles. The van der Waals surface area contributed by atoms with Crippen LogP contribution in [0.2, 0.25) is 0 Å². The summed E-state index contributed by atoms with van der Waals surface area (Å²) in [5.41, 5.74) is 5.92. The Kier molecular flexibility index (Phi) is 4.33. The number of ether oxygens (including phenoxy) is 2. The average molecular weight is 291 g/mol. The maximum absolute atomic E-state index is 5.85. The normalized spacial score (nSPS) is 22.9. The molecule has 1 unspecified atom stereocenters. The number of hydrogen-bond acceptors (Lipinski definition) is 5. The van der Waals surface area contributed by atoms with Gasteiger partial charge in [0.25, 0.3) is 0 Å². The van der Waals surface area contributed by atoms with Crippen LogP contribution in [0.5, 0.6) is 11.5 Å². The van der Waals surface area contributed by atoms with E-state index in [-0.39, 0.29) is 6.10 Å². The minimum Gasteiger partial charge on any atom is -0.496 e. The summed E-state index contributed by atoms with van der Waals surface area (Å²) in [4.78, 5) is 2.35. The molecule has 0 bridgehead atoms. The average Bonchev–Trinajstić information content (AvgIpc) is 2.84. The lowest BCUT2D eigenvalue weighted by atomic mass is 10.1. The number of likely N-dealkylation sites (N-methyl/N-ethyl adjacent to an activating group) is 1. The van der Waals surface area contributed by atoms with Gasteiger partial charge in [0.15, 0.2) is 0 Å². The van der Waals surface area contributed by atoms with Crippen LogP contribution in [-0.2, 0) is 13.0 Å². The van der Waals surface area contributed by atoms with Crippen molar-refractivity contribution in [2.75, 3.05) is 40.3 Å². The fraction of sp³-hybridized carbons (Fsp3) is 0.625. The van der Waals surface area contributed by atoms with E-state index in [9.17, 15) is 0 Å². The second kappa shape index (κ2) is 6.22. The first kappa shape index (κ1) is 14.6. The Balaban J connectivity index is 1.66. The van der Waals surface area contributed by atoms with Crippen LogP contribution in [0.25, 0.3) is 0 Å². The van der Waals surface area contributed by atoms with Crippen molar-refractivity contribution in [2.45, 2.75) is 26.0 Å². The molecule has 5 nitrogen and oxygen atoms in total. The van der Waals surface area contributed by atoms with Crippen molar-refractivity contribution in [3.8, 4) is 11.5 Å². The molecule has 2 aliphatic rings. The van der Waals surface area contributed by atoms with Gasteiger partial charge in [0.05, 0.1) is 7.11 Å². The molecule has 0 radical (unpaired) electrons. The second-order valence-electron chi connectivity index (χ2n) is 6.03. The van der Waals surface area contributed by atoms with Crippen LogP contribution in [0.4, 0.5) is 0 Å². The zero-order valence-corrected chi connectivity index (χ0v) is 13.2. The predicted octanol–water partition coefficient (Wildman–Crippen LogP) is 1.27. The van der Waals surface area contributed by atoms with Crippen molar-refractivity contribution in [1.29, 1.82) is 0 Å². The second-order valence-corrected chi connectivity index (χ2v) is 6.03. The number of rotatable bonds is 4. The van der Waals surface area contributed by atoms with Crippen LogP contribution in [0.3, 0.4) is 0 Å². The number of fused-ring (bicyclic) bond motifs is 1. The molecule has 1 aromatic carbocycles. The lowest BCUT2D eigenvalue weighted by Crippen LogP contribution is -2.50. The van der Waals surface area contributed by atoms with E-state index in [1.165, 1.54) is 5.56 Å². The van der Waals surface area contributed by atoms with E-state index in [0.717, 1.165) is 56.2 Å². The number of nitrogens with one attached hydrogen (secondary N) is 1. The molecule has 0 saturated carbocycles. The van der Waals surface area contributed by atoms with E-state index in [2.05, 4.69) is 41.4 Å².